The van der Waals surface area contributed by atoms with E-state index in [1.165, 1.54) is 9.96 Å². The largest absolute Gasteiger partial charge is 0.463 e. The Morgan fingerprint density at radius 3 is 2.74 bits per heavy atom. The van der Waals surface area contributed by atoms with E-state index < -0.39 is 18.2 Å². The molecule has 2 aliphatic heterocycles. The number of hydroxylamine groups is 2. The first-order valence-electron chi connectivity index (χ1n) is 9.19. The van der Waals surface area contributed by atoms with Crippen LogP contribution in [0.25, 0.3) is 0 Å². The second kappa shape index (κ2) is 8.85. The predicted octanol–water partition coefficient (Wildman–Crippen LogP) is 1.88. The highest BCUT2D eigenvalue weighted by Gasteiger charge is 2.42. The number of carbonyl (C=O) groups excluding carboxylic acids is 3. The van der Waals surface area contributed by atoms with Gasteiger partial charge in [-0.3, -0.25) is 19.3 Å². The van der Waals surface area contributed by atoms with Crippen molar-refractivity contribution in [3.63, 3.8) is 0 Å². The third-order valence-electron chi connectivity index (χ3n) is 4.63. The summed E-state index contributed by atoms with van der Waals surface area (Å²) < 4.78 is 10.3. The standard InChI is InChI=1S/C19H24N2O6/c1-2-27-21(15-11-17(22)25-13-15)18(23)16-9-6-10-20(16)19(24)26-12-14-7-4-3-5-8-14/h3-5,7-8,15-16H,2,6,9-13H2,1H3/t15-,16?/m0/s1. The number of likely N-dealkylation sites (tertiary alicyclic amines) is 1. The van der Waals surface area contributed by atoms with Crippen LogP contribution in [0.2, 0.25) is 0 Å². The summed E-state index contributed by atoms with van der Waals surface area (Å²) in [6.45, 7) is 2.75. The summed E-state index contributed by atoms with van der Waals surface area (Å²) in [6.07, 6.45) is 0.808. The molecule has 0 spiro atoms. The monoisotopic (exact) mass is 376 g/mol. The van der Waals surface area contributed by atoms with E-state index in [1.807, 2.05) is 30.3 Å². The van der Waals surface area contributed by atoms with Gasteiger partial charge in [0.1, 0.15) is 25.3 Å². The van der Waals surface area contributed by atoms with E-state index in [0.29, 0.717) is 19.4 Å². The number of esters is 1. The fraction of sp³-hybridized carbons (Fsp3) is 0.526. The first kappa shape index (κ1) is 19.2. The van der Waals surface area contributed by atoms with Crippen LogP contribution in [-0.4, -0.2) is 59.8 Å². The Balaban J connectivity index is 1.63. The molecule has 0 saturated carbocycles. The van der Waals surface area contributed by atoms with E-state index in [2.05, 4.69) is 0 Å². The lowest BCUT2D eigenvalue weighted by molar-refractivity contribution is -0.202. The fourth-order valence-electron chi connectivity index (χ4n) is 3.33. The average molecular weight is 376 g/mol. The van der Waals surface area contributed by atoms with Gasteiger partial charge in [0.2, 0.25) is 0 Å². The summed E-state index contributed by atoms with van der Waals surface area (Å²) in [5, 5.41) is 1.21. The minimum Gasteiger partial charge on any atom is -0.463 e. The third kappa shape index (κ3) is 4.57. The van der Waals surface area contributed by atoms with Crippen molar-refractivity contribution >= 4 is 18.0 Å². The zero-order valence-electron chi connectivity index (χ0n) is 15.3. The molecule has 1 aromatic rings. The van der Waals surface area contributed by atoms with E-state index in [0.717, 1.165) is 5.56 Å². The van der Waals surface area contributed by atoms with Crippen molar-refractivity contribution in [1.29, 1.82) is 0 Å². The van der Waals surface area contributed by atoms with Crippen molar-refractivity contribution in [3.8, 4) is 0 Å². The molecule has 0 radical (unpaired) electrons. The first-order chi connectivity index (χ1) is 13.1. The minimum atomic E-state index is -0.657. The third-order valence-corrected chi connectivity index (χ3v) is 4.63. The molecule has 2 fully saturated rings. The summed E-state index contributed by atoms with van der Waals surface area (Å²) >= 11 is 0. The van der Waals surface area contributed by atoms with Crippen LogP contribution in [0.1, 0.15) is 31.7 Å². The zero-order valence-corrected chi connectivity index (χ0v) is 15.3. The number of carbonyl (C=O) groups is 3. The van der Waals surface area contributed by atoms with Gasteiger partial charge in [0, 0.05) is 6.54 Å². The van der Waals surface area contributed by atoms with Crippen molar-refractivity contribution in [2.75, 3.05) is 19.8 Å². The van der Waals surface area contributed by atoms with Gasteiger partial charge in [-0.1, -0.05) is 30.3 Å². The number of hydrogen-bond donors (Lipinski definition) is 0. The summed E-state index contributed by atoms with van der Waals surface area (Å²) in [4.78, 5) is 43.8. The van der Waals surface area contributed by atoms with Crippen molar-refractivity contribution in [2.24, 2.45) is 0 Å². The van der Waals surface area contributed by atoms with Crippen molar-refractivity contribution < 1.29 is 28.7 Å². The van der Waals surface area contributed by atoms with E-state index in [1.54, 1.807) is 6.92 Å². The summed E-state index contributed by atoms with van der Waals surface area (Å²) in [6, 6.07) is 8.25. The van der Waals surface area contributed by atoms with Crippen molar-refractivity contribution in [2.45, 2.75) is 44.9 Å². The zero-order chi connectivity index (χ0) is 19.2. The Kier molecular flexibility index (Phi) is 6.28. The molecule has 3 rings (SSSR count). The lowest BCUT2D eigenvalue weighted by Crippen LogP contribution is -2.51. The smallest absolute Gasteiger partial charge is 0.410 e. The molecule has 2 heterocycles. The van der Waals surface area contributed by atoms with Gasteiger partial charge in [-0.2, -0.15) is 0 Å². The van der Waals surface area contributed by atoms with Crippen LogP contribution in [0.15, 0.2) is 30.3 Å². The molecule has 2 saturated heterocycles. The number of benzene rings is 1. The molecular formula is C19H24N2O6. The van der Waals surface area contributed by atoms with Crippen molar-refractivity contribution in [1.82, 2.24) is 9.96 Å². The van der Waals surface area contributed by atoms with Gasteiger partial charge >= 0.3 is 12.1 Å². The van der Waals surface area contributed by atoms with Crippen LogP contribution in [0, 0.1) is 0 Å². The Morgan fingerprint density at radius 1 is 1.30 bits per heavy atom. The van der Waals surface area contributed by atoms with Crippen LogP contribution < -0.4 is 0 Å². The average Bonchev–Trinajstić information content (AvgIpc) is 3.33. The lowest BCUT2D eigenvalue weighted by atomic mass is 10.1. The highest BCUT2D eigenvalue weighted by Crippen LogP contribution is 2.24. The molecule has 1 aromatic carbocycles. The summed E-state index contributed by atoms with van der Waals surface area (Å²) in [5.41, 5.74) is 0.880. The topological polar surface area (TPSA) is 85.4 Å². The number of cyclic esters (lactones) is 1. The highest BCUT2D eigenvalue weighted by atomic mass is 16.7. The maximum atomic E-state index is 13.0. The van der Waals surface area contributed by atoms with Crippen LogP contribution in [-0.2, 0) is 30.5 Å². The van der Waals surface area contributed by atoms with Gasteiger partial charge in [-0.05, 0) is 25.3 Å². The number of ether oxygens (including phenoxy) is 2. The molecule has 8 nitrogen and oxygen atoms in total. The van der Waals surface area contributed by atoms with Gasteiger partial charge in [-0.25, -0.2) is 9.86 Å². The first-order valence-corrected chi connectivity index (χ1v) is 9.19. The fourth-order valence-corrected chi connectivity index (χ4v) is 3.33. The second-order valence-electron chi connectivity index (χ2n) is 6.51. The SMILES string of the molecule is CCON(C(=O)C1CCCN1C(=O)OCc1ccccc1)[C@@H]1COC(=O)C1. The number of hydrogen-bond acceptors (Lipinski definition) is 6. The Morgan fingerprint density at radius 2 is 2.07 bits per heavy atom. The van der Waals surface area contributed by atoms with Gasteiger partial charge in [0.15, 0.2) is 0 Å². The normalized spacial score (nSPS) is 21.8. The lowest BCUT2D eigenvalue weighted by Gasteiger charge is -2.31. The van der Waals surface area contributed by atoms with E-state index in [-0.39, 0.29) is 38.1 Å². The summed E-state index contributed by atoms with van der Waals surface area (Å²) in [7, 11) is 0. The molecule has 1 unspecified atom stereocenters. The van der Waals surface area contributed by atoms with Crippen LogP contribution in [0.5, 0.6) is 0 Å². The molecule has 27 heavy (non-hydrogen) atoms. The number of amides is 2. The molecule has 146 valence electrons. The van der Waals surface area contributed by atoms with Gasteiger partial charge in [0.05, 0.1) is 13.0 Å². The van der Waals surface area contributed by atoms with E-state index in [9.17, 15) is 14.4 Å². The van der Waals surface area contributed by atoms with E-state index >= 15 is 0 Å². The molecule has 0 aliphatic carbocycles. The Hall–Kier alpha value is -2.61. The Labute approximate surface area is 157 Å². The minimum absolute atomic E-state index is 0.0942. The van der Waals surface area contributed by atoms with Crippen LogP contribution in [0.3, 0.4) is 0 Å². The highest BCUT2D eigenvalue weighted by molar-refractivity contribution is 5.86. The molecule has 2 amide bonds. The predicted molar refractivity (Wildman–Crippen MR) is 94.2 cm³/mol. The number of rotatable bonds is 6. The number of nitrogens with zero attached hydrogens (tertiary/aromatic N) is 2. The maximum absolute atomic E-state index is 13.0. The van der Waals surface area contributed by atoms with Crippen LogP contribution in [0.4, 0.5) is 4.79 Å². The molecule has 8 heteroatoms. The molecule has 0 bridgehead atoms. The van der Waals surface area contributed by atoms with Gasteiger partial charge in [-0.15, -0.1) is 0 Å². The maximum Gasteiger partial charge on any atom is 0.410 e. The molecule has 0 aromatic heterocycles. The molecular weight excluding hydrogens is 352 g/mol. The quantitative estimate of drug-likeness (QED) is 0.557. The molecule has 2 aliphatic rings. The van der Waals surface area contributed by atoms with Gasteiger partial charge < -0.3 is 9.47 Å². The van der Waals surface area contributed by atoms with E-state index in [4.69, 9.17) is 14.3 Å². The van der Waals surface area contributed by atoms with Crippen molar-refractivity contribution in [3.05, 3.63) is 35.9 Å². The summed E-state index contributed by atoms with van der Waals surface area (Å²) in [5.74, 6) is -0.697. The second-order valence-corrected chi connectivity index (χ2v) is 6.51. The Bertz CT molecular complexity index is 680. The molecule has 2 atom stereocenters. The van der Waals surface area contributed by atoms with Crippen LogP contribution >= 0.6 is 0 Å². The van der Waals surface area contributed by atoms with Gasteiger partial charge in [0.25, 0.3) is 5.91 Å². The molecule has 0 N–H and O–H groups in total.